The van der Waals surface area contributed by atoms with E-state index in [4.69, 9.17) is 5.11 Å². The summed E-state index contributed by atoms with van der Waals surface area (Å²) in [5.41, 5.74) is 3.85. The molecule has 0 atom stereocenters. The van der Waals surface area contributed by atoms with Crippen molar-refractivity contribution in [3.63, 3.8) is 0 Å². The maximum Gasteiger partial charge on any atom is 0.303 e. The molecule has 0 amide bonds. The molecule has 0 saturated carbocycles. The Morgan fingerprint density at radius 1 is 0.930 bits per heavy atom. The molecule has 0 aliphatic carbocycles. The summed E-state index contributed by atoms with van der Waals surface area (Å²) < 4.78 is 41.2. The highest BCUT2D eigenvalue weighted by Crippen LogP contribution is 2.41. The molecule has 10 heteroatoms. The topological polar surface area (TPSA) is 101 Å². The van der Waals surface area contributed by atoms with E-state index in [9.17, 15) is 27.6 Å². The number of nitrogens with zero attached hydrogens (tertiary/aromatic N) is 3. The Bertz CT molecular complexity index is 1730. The van der Waals surface area contributed by atoms with Crippen LogP contribution in [0, 0.1) is 31.3 Å². The van der Waals surface area contributed by atoms with Crippen molar-refractivity contribution < 1.29 is 27.9 Å². The number of aliphatic imine (C=N–C) groups is 2. The molecule has 3 aromatic carbocycles. The molecule has 4 aromatic rings. The van der Waals surface area contributed by atoms with E-state index >= 15 is 0 Å². The van der Waals surface area contributed by atoms with Crippen LogP contribution in [0.3, 0.4) is 0 Å². The Morgan fingerprint density at radius 2 is 1.51 bits per heavy atom. The standard InChI is InChI=1S/C20H18FN3O.C10H10F2O.C3H6O2/c1-11-6-8-14(19(23-4)18(11)22-3)17-12(2)15-10-13(21)7-9-16(15)24(5)20(17)25;1-2-4-9(13)10-7(11)5-3-6-8(10)12;1-2-3(4)5/h6-10H,3-4H2,1-2,5H3;3,5-6H,2,4H2,1H3;2H2,1H3,(H,4,5). The fourth-order valence-corrected chi connectivity index (χ4v) is 4.35. The number of pyridine rings is 1. The Kier molecular flexibility index (Phi) is 12.3. The third-order valence-corrected chi connectivity index (χ3v) is 6.58. The molecule has 0 aliphatic rings. The molecule has 0 spiro atoms. The monoisotopic (exact) mass is 593 g/mol. The van der Waals surface area contributed by atoms with Gasteiger partial charge in [0, 0.05) is 30.8 Å². The SMILES string of the molecule is C=Nc1c(C)ccc(-c2c(C)c3cc(F)ccc3n(C)c2=O)c1N=C.CCC(=O)O.CCCC(=O)c1c(F)cccc1F. The number of hydrogen-bond donors (Lipinski definition) is 1. The van der Waals surface area contributed by atoms with Gasteiger partial charge in [-0.25, -0.2) is 13.2 Å². The van der Waals surface area contributed by atoms with Gasteiger partial charge >= 0.3 is 5.97 Å². The van der Waals surface area contributed by atoms with Crippen LogP contribution in [0.1, 0.15) is 54.6 Å². The molecule has 226 valence electrons. The molecule has 1 heterocycles. The number of Topliss-reactive ketones (excluding diaryl/α,β-unsaturated/α-hetero) is 1. The van der Waals surface area contributed by atoms with E-state index in [1.165, 1.54) is 22.8 Å². The van der Waals surface area contributed by atoms with Crippen LogP contribution < -0.4 is 5.56 Å². The summed E-state index contributed by atoms with van der Waals surface area (Å²) in [5, 5.41) is 8.40. The molecular formula is C33H34F3N3O4. The Labute approximate surface area is 248 Å². The fraction of sp³-hybridized carbons (Fsp3) is 0.242. The van der Waals surface area contributed by atoms with Crippen LogP contribution in [0.15, 0.2) is 63.3 Å². The summed E-state index contributed by atoms with van der Waals surface area (Å²) in [6, 6.07) is 11.5. The first-order valence-corrected chi connectivity index (χ1v) is 13.4. The van der Waals surface area contributed by atoms with Crippen LogP contribution in [-0.4, -0.2) is 34.9 Å². The van der Waals surface area contributed by atoms with Crippen molar-refractivity contribution in [1.82, 2.24) is 4.57 Å². The smallest absolute Gasteiger partial charge is 0.303 e. The first-order valence-electron chi connectivity index (χ1n) is 13.4. The zero-order valence-corrected chi connectivity index (χ0v) is 24.8. The van der Waals surface area contributed by atoms with Gasteiger partial charge in [-0.15, -0.1) is 0 Å². The van der Waals surface area contributed by atoms with Gasteiger partial charge in [-0.3, -0.25) is 24.4 Å². The average Bonchev–Trinajstić information content (AvgIpc) is 2.97. The highest BCUT2D eigenvalue weighted by Gasteiger charge is 2.19. The summed E-state index contributed by atoms with van der Waals surface area (Å²) in [7, 11) is 1.67. The molecule has 1 aromatic heterocycles. The molecule has 0 unspecified atom stereocenters. The number of benzene rings is 3. The summed E-state index contributed by atoms with van der Waals surface area (Å²) in [5.74, 6) is -3.13. The number of carboxylic acids is 1. The summed E-state index contributed by atoms with van der Waals surface area (Å²) in [6.07, 6.45) is 0.991. The van der Waals surface area contributed by atoms with Gasteiger partial charge in [0.05, 0.1) is 28.0 Å². The Hall–Kier alpha value is -4.86. The van der Waals surface area contributed by atoms with Gasteiger partial charge in [0.1, 0.15) is 17.5 Å². The number of rotatable bonds is 7. The molecule has 0 aliphatic heterocycles. The van der Waals surface area contributed by atoms with Crippen molar-refractivity contribution in [2.75, 3.05) is 0 Å². The lowest BCUT2D eigenvalue weighted by atomic mass is 9.95. The van der Waals surface area contributed by atoms with E-state index < -0.39 is 29.0 Å². The molecule has 4 rings (SSSR count). The molecule has 0 bridgehead atoms. The second-order valence-electron chi connectivity index (χ2n) is 9.49. The minimum absolute atomic E-state index is 0.178. The molecule has 7 nitrogen and oxygen atoms in total. The predicted octanol–water partition coefficient (Wildman–Crippen LogP) is 8.05. The normalized spacial score (nSPS) is 10.2. The Morgan fingerprint density at radius 3 is 2.02 bits per heavy atom. The lowest BCUT2D eigenvalue weighted by molar-refractivity contribution is -0.136. The third-order valence-electron chi connectivity index (χ3n) is 6.58. The van der Waals surface area contributed by atoms with Gasteiger partial charge in [0.25, 0.3) is 5.56 Å². The van der Waals surface area contributed by atoms with Crippen molar-refractivity contribution in [2.24, 2.45) is 17.0 Å². The minimum Gasteiger partial charge on any atom is -0.481 e. The average molecular weight is 594 g/mol. The van der Waals surface area contributed by atoms with Crippen molar-refractivity contribution >= 4 is 47.5 Å². The van der Waals surface area contributed by atoms with E-state index in [1.807, 2.05) is 26.0 Å². The maximum absolute atomic E-state index is 13.8. The van der Waals surface area contributed by atoms with Gasteiger partial charge in [0.15, 0.2) is 5.78 Å². The van der Waals surface area contributed by atoms with Gasteiger partial charge in [-0.2, -0.15) is 0 Å². The zero-order valence-electron chi connectivity index (χ0n) is 24.8. The second-order valence-corrected chi connectivity index (χ2v) is 9.49. The lowest BCUT2D eigenvalue weighted by Crippen LogP contribution is -2.20. The van der Waals surface area contributed by atoms with Crippen LogP contribution in [-0.2, 0) is 11.8 Å². The summed E-state index contributed by atoms with van der Waals surface area (Å²) in [4.78, 5) is 41.7. The lowest BCUT2D eigenvalue weighted by Gasteiger charge is -2.16. The van der Waals surface area contributed by atoms with Gasteiger partial charge in [-0.1, -0.05) is 32.0 Å². The van der Waals surface area contributed by atoms with Gasteiger partial charge < -0.3 is 9.67 Å². The third kappa shape index (κ3) is 7.91. The van der Waals surface area contributed by atoms with Crippen molar-refractivity contribution in [3.8, 4) is 11.1 Å². The van der Waals surface area contributed by atoms with E-state index in [0.717, 1.165) is 17.7 Å². The molecule has 43 heavy (non-hydrogen) atoms. The fourth-order valence-electron chi connectivity index (χ4n) is 4.35. The van der Waals surface area contributed by atoms with E-state index in [2.05, 4.69) is 23.4 Å². The van der Waals surface area contributed by atoms with Crippen molar-refractivity contribution in [1.29, 1.82) is 0 Å². The molecular weight excluding hydrogens is 559 g/mol. The van der Waals surface area contributed by atoms with E-state index in [1.54, 1.807) is 27.0 Å². The molecule has 0 saturated heterocycles. The molecule has 1 N–H and O–H groups in total. The van der Waals surface area contributed by atoms with Crippen molar-refractivity contribution in [3.05, 3.63) is 93.0 Å². The van der Waals surface area contributed by atoms with Crippen molar-refractivity contribution in [2.45, 2.75) is 47.0 Å². The van der Waals surface area contributed by atoms with E-state index in [0.29, 0.717) is 45.4 Å². The number of ketones is 1. The minimum atomic E-state index is -0.779. The highest BCUT2D eigenvalue weighted by molar-refractivity contribution is 5.96. The predicted molar refractivity (Wildman–Crippen MR) is 166 cm³/mol. The second kappa shape index (κ2) is 15.4. The van der Waals surface area contributed by atoms with Crippen LogP contribution in [0.4, 0.5) is 24.5 Å². The first kappa shape index (κ1) is 34.3. The largest absolute Gasteiger partial charge is 0.481 e. The van der Waals surface area contributed by atoms with Gasteiger partial charge in [-0.05, 0) is 75.2 Å². The number of aromatic nitrogens is 1. The number of halogens is 3. The van der Waals surface area contributed by atoms with E-state index in [-0.39, 0.29) is 24.2 Å². The first-order chi connectivity index (χ1) is 20.3. The maximum atomic E-state index is 13.8. The Balaban J connectivity index is 0.000000299. The summed E-state index contributed by atoms with van der Waals surface area (Å²) in [6.45, 7) is 14.3. The van der Waals surface area contributed by atoms with Crippen LogP contribution in [0.5, 0.6) is 0 Å². The van der Waals surface area contributed by atoms with Crippen LogP contribution in [0.25, 0.3) is 22.0 Å². The van der Waals surface area contributed by atoms with Crippen LogP contribution >= 0.6 is 0 Å². The quantitative estimate of drug-likeness (QED) is 0.173. The number of carboxylic acid groups (broad SMARTS) is 1. The molecule has 0 radical (unpaired) electrons. The number of carbonyl (C=O) groups excluding carboxylic acids is 1. The number of aliphatic carboxylic acids is 1. The zero-order chi connectivity index (χ0) is 32.4. The number of hydrogen-bond acceptors (Lipinski definition) is 5. The number of fused-ring (bicyclic) bond motifs is 1. The highest BCUT2D eigenvalue weighted by atomic mass is 19.1. The molecule has 0 fully saturated rings. The van der Waals surface area contributed by atoms with Gasteiger partial charge in [0.2, 0.25) is 0 Å². The van der Waals surface area contributed by atoms with Crippen LogP contribution in [0.2, 0.25) is 0 Å². The summed E-state index contributed by atoms with van der Waals surface area (Å²) >= 11 is 0. The number of carbonyl (C=O) groups is 2. The number of aryl methyl sites for hydroxylation is 3.